The molecule has 0 unspecified atom stereocenters. The molecule has 7 nitrogen and oxygen atoms in total. The molecule has 1 aromatic heterocycles. The van der Waals surface area contributed by atoms with E-state index in [2.05, 4.69) is 32.9 Å². The van der Waals surface area contributed by atoms with Crippen LogP contribution in [0.15, 0.2) is 30.5 Å². The zero-order chi connectivity index (χ0) is 16.3. The number of amides is 1. The average molecular weight is 413 g/mol. The third-order valence-electron chi connectivity index (χ3n) is 2.91. The number of pyridine rings is 1. The van der Waals surface area contributed by atoms with E-state index in [0.29, 0.717) is 5.82 Å². The van der Waals surface area contributed by atoms with Crippen LogP contribution in [-0.4, -0.2) is 22.9 Å². The number of aryl methyl sites for hydroxylation is 1. The number of benzene rings is 1. The fourth-order valence-corrected chi connectivity index (χ4v) is 2.43. The molecule has 2 rings (SSSR count). The zero-order valence-electron chi connectivity index (χ0n) is 11.8. The van der Waals surface area contributed by atoms with Gasteiger partial charge in [0.05, 0.1) is 12.0 Å². The van der Waals surface area contributed by atoms with E-state index >= 15 is 0 Å². The van der Waals surface area contributed by atoms with E-state index in [1.807, 2.05) is 13.0 Å². The highest BCUT2D eigenvalue weighted by molar-refractivity contribution is 14.1. The Morgan fingerprint density at radius 2 is 2.14 bits per heavy atom. The Labute approximate surface area is 140 Å². The van der Waals surface area contributed by atoms with Crippen molar-refractivity contribution in [2.75, 3.05) is 12.4 Å². The van der Waals surface area contributed by atoms with Gasteiger partial charge in [-0.1, -0.05) is 0 Å². The van der Waals surface area contributed by atoms with Gasteiger partial charge in [0.1, 0.15) is 5.82 Å². The lowest BCUT2D eigenvalue weighted by Crippen LogP contribution is -2.14. The first-order valence-corrected chi connectivity index (χ1v) is 7.26. The number of hydrogen-bond donors (Lipinski definition) is 1. The highest BCUT2D eigenvalue weighted by Crippen LogP contribution is 2.28. The first-order valence-electron chi connectivity index (χ1n) is 6.18. The van der Waals surface area contributed by atoms with Gasteiger partial charge >= 0.3 is 5.69 Å². The minimum atomic E-state index is -0.593. The number of halogens is 1. The molecular formula is C14H12IN3O4. The number of nitrogens with zero attached hydrogens (tertiary/aromatic N) is 2. The fourth-order valence-electron chi connectivity index (χ4n) is 1.82. The molecule has 0 radical (unpaired) electrons. The van der Waals surface area contributed by atoms with E-state index in [-0.39, 0.29) is 17.0 Å². The van der Waals surface area contributed by atoms with Crippen LogP contribution in [0.1, 0.15) is 15.9 Å². The number of nitro benzene ring substituents is 1. The van der Waals surface area contributed by atoms with Crippen LogP contribution >= 0.6 is 22.6 Å². The van der Waals surface area contributed by atoms with E-state index in [4.69, 9.17) is 4.74 Å². The van der Waals surface area contributed by atoms with Gasteiger partial charge in [-0.2, -0.15) is 0 Å². The van der Waals surface area contributed by atoms with E-state index in [1.165, 1.54) is 25.3 Å². The molecule has 0 spiro atoms. The third kappa shape index (κ3) is 3.50. The second-order valence-electron chi connectivity index (χ2n) is 4.42. The number of rotatable bonds is 4. The van der Waals surface area contributed by atoms with Crippen molar-refractivity contribution in [3.63, 3.8) is 0 Å². The summed E-state index contributed by atoms with van der Waals surface area (Å²) in [5.41, 5.74) is 0.706. The van der Waals surface area contributed by atoms with Crippen molar-refractivity contribution in [3.05, 3.63) is 55.3 Å². The number of anilines is 1. The molecule has 0 saturated heterocycles. The molecule has 1 heterocycles. The lowest BCUT2D eigenvalue weighted by molar-refractivity contribution is -0.385. The number of methoxy groups -OCH3 is 1. The molecule has 8 heteroatoms. The summed E-state index contributed by atoms with van der Waals surface area (Å²) in [7, 11) is 1.33. The quantitative estimate of drug-likeness (QED) is 0.472. The number of aromatic nitrogens is 1. The number of ether oxygens (including phenoxy) is 1. The highest BCUT2D eigenvalue weighted by atomic mass is 127. The summed E-state index contributed by atoms with van der Waals surface area (Å²) in [6.07, 6.45) is 1.62. The fraction of sp³-hybridized carbons (Fsp3) is 0.143. The summed E-state index contributed by atoms with van der Waals surface area (Å²) in [5, 5.41) is 13.6. The molecule has 0 aliphatic heterocycles. The number of hydrogen-bond acceptors (Lipinski definition) is 5. The van der Waals surface area contributed by atoms with Gasteiger partial charge in [-0.05, 0) is 53.3 Å². The molecule has 1 aromatic carbocycles. The molecule has 0 bridgehead atoms. The normalized spacial score (nSPS) is 10.1. The standard InChI is InChI=1S/C14H12IN3O4/c1-8-5-10(15)7-16-13(8)17-14(19)9-3-4-12(22-2)11(6-9)18(20)21/h3-7H,1-2H3,(H,16,17,19). The monoisotopic (exact) mass is 413 g/mol. The maximum atomic E-state index is 12.2. The Hall–Kier alpha value is -2.23. The van der Waals surface area contributed by atoms with Crippen LogP contribution in [0.25, 0.3) is 0 Å². The predicted molar refractivity (Wildman–Crippen MR) is 89.3 cm³/mol. The lowest BCUT2D eigenvalue weighted by atomic mass is 10.1. The molecule has 1 amide bonds. The van der Waals surface area contributed by atoms with Gasteiger partial charge in [0, 0.05) is 21.4 Å². The summed E-state index contributed by atoms with van der Waals surface area (Å²) in [4.78, 5) is 26.7. The largest absolute Gasteiger partial charge is 0.490 e. The molecule has 0 aliphatic rings. The first-order chi connectivity index (χ1) is 10.4. The van der Waals surface area contributed by atoms with Crippen LogP contribution in [0.2, 0.25) is 0 Å². The van der Waals surface area contributed by atoms with Crippen LogP contribution < -0.4 is 10.1 Å². The summed E-state index contributed by atoms with van der Waals surface area (Å²) in [6, 6.07) is 5.90. The summed E-state index contributed by atoms with van der Waals surface area (Å²) < 4.78 is 5.86. The van der Waals surface area contributed by atoms with Crippen LogP contribution in [0, 0.1) is 20.6 Å². The zero-order valence-corrected chi connectivity index (χ0v) is 13.9. The van der Waals surface area contributed by atoms with Crippen molar-refractivity contribution in [2.45, 2.75) is 6.92 Å². The van der Waals surface area contributed by atoms with E-state index < -0.39 is 10.8 Å². The van der Waals surface area contributed by atoms with Crippen LogP contribution in [0.3, 0.4) is 0 Å². The Morgan fingerprint density at radius 3 is 2.73 bits per heavy atom. The van der Waals surface area contributed by atoms with Crippen molar-refractivity contribution >= 4 is 40.0 Å². The number of nitrogens with one attached hydrogen (secondary N) is 1. The molecule has 0 saturated carbocycles. The second kappa shape index (κ2) is 6.69. The number of nitro groups is 1. The minimum Gasteiger partial charge on any atom is -0.490 e. The van der Waals surface area contributed by atoms with Crippen molar-refractivity contribution in [1.82, 2.24) is 4.98 Å². The van der Waals surface area contributed by atoms with E-state index in [9.17, 15) is 14.9 Å². The van der Waals surface area contributed by atoms with Gasteiger partial charge < -0.3 is 10.1 Å². The average Bonchev–Trinajstić information content (AvgIpc) is 2.49. The highest BCUT2D eigenvalue weighted by Gasteiger charge is 2.18. The maximum absolute atomic E-state index is 12.2. The maximum Gasteiger partial charge on any atom is 0.311 e. The number of carbonyl (C=O) groups excluding carboxylic acids is 1. The summed E-state index contributed by atoms with van der Waals surface area (Å²) >= 11 is 2.12. The molecule has 114 valence electrons. The Bertz CT molecular complexity index is 749. The second-order valence-corrected chi connectivity index (χ2v) is 5.66. The van der Waals surface area contributed by atoms with E-state index in [1.54, 1.807) is 6.20 Å². The third-order valence-corrected chi connectivity index (χ3v) is 3.50. The van der Waals surface area contributed by atoms with Crippen molar-refractivity contribution in [2.24, 2.45) is 0 Å². The van der Waals surface area contributed by atoms with Gasteiger partial charge in [0.15, 0.2) is 5.75 Å². The SMILES string of the molecule is COc1ccc(C(=O)Nc2ncc(I)cc2C)cc1[N+](=O)[O-]. The van der Waals surface area contributed by atoms with Crippen LogP contribution in [-0.2, 0) is 0 Å². The molecule has 2 aromatic rings. The van der Waals surface area contributed by atoms with Gasteiger partial charge in [0.25, 0.3) is 5.91 Å². The minimum absolute atomic E-state index is 0.102. The van der Waals surface area contributed by atoms with Gasteiger partial charge in [-0.25, -0.2) is 4.98 Å². The number of carbonyl (C=O) groups is 1. The van der Waals surface area contributed by atoms with Crippen molar-refractivity contribution < 1.29 is 14.5 Å². The smallest absolute Gasteiger partial charge is 0.311 e. The Morgan fingerprint density at radius 1 is 1.41 bits per heavy atom. The first kappa shape index (κ1) is 16.1. The van der Waals surface area contributed by atoms with Gasteiger partial charge in [0.2, 0.25) is 0 Å². The molecule has 0 fully saturated rings. The van der Waals surface area contributed by atoms with Gasteiger partial charge in [-0.3, -0.25) is 14.9 Å². The summed E-state index contributed by atoms with van der Waals surface area (Å²) in [5.74, 6) is 0.0524. The summed E-state index contributed by atoms with van der Waals surface area (Å²) in [6.45, 7) is 1.82. The Kier molecular flexibility index (Phi) is 4.91. The van der Waals surface area contributed by atoms with E-state index in [0.717, 1.165) is 9.13 Å². The topological polar surface area (TPSA) is 94.4 Å². The molecule has 0 aliphatic carbocycles. The predicted octanol–water partition coefficient (Wildman–Crippen LogP) is 3.16. The lowest BCUT2D eigenvalue weighted by Gasteiger charge is -2.08. The molecular weight excluding hydrogens is 401 g/mol. The van der Waals surface area contributed by atoms with Gasteiger partial charge in [-0.15, -0.1) is 0 Å². The van der Waals surface area contributed by atoms with Crippen LogP contribution in [0.5, 0.6) is 5.75 Å². The van der Waals surface area contributed by atoms with Crippen molar-refractivity contribution in [1.29, 1.82) is 0 Å². The van der Waals surface area contributed by atoms with Crippen molar-refractivity contribution in [3.8, 4) is 5.75 Å². The Balaban J connectivity index is 2.30. The molecule has 22 heavy (non-hydrogen) atoms. The molecule has 1 N–H and O–H groups in total. The molecule has 0 atom stereocenters. The van der Waals surface area contributed by atoms with Crippen LogP contribution in [0.4, 0.5) is 11.5 Å².